The fraction of sp³-hybridized carbons (Fsp3) is 0.708. The highest BCUT2D eigenvalue weighted by molar-refractivity contribution is 5.92. The zero-order chi connectivity index (χ0) is 22.9. The Balaban J connectivity index is 2.14. The van der Waals surface area contributed by atoms with Gasteiger partial charge in [0.1, 0.15) is 11.7 Å². The second-order valence-electron chi connectivity index (χ2n) is 9.35. The first-order valence-corrected chi connectivity index (χ1v) is 11.1. The molecular formula is C24H34O7. The number of fused-ring (bicyclic) bond motifs is 3. The summed E-state index contributed by atoms with van der Waals surface area (Å²) >= 11 is 0. The van der Waals surface area contributed by atoms with Gasteiger partial charge in [0, 0.05) is 31.4 Å². The summed E-state index contributed by atoms with van der Waals surface area (Å²) in [7, 11) is 0. The van der Waals surface area contributed by atoms with Crippen molar-refractivity contribution in [3.8, 4) is 0 Å². The van der Waals surface area contributed by atoms with Crippen LogP contribution in [0.2, 0.25) is 0 Å². The van der Waals surface area contributed by atoms with Crippen LogP contribution in [0.5, 0.6) is 0 Å². The molecule has 1 fully saturated rings. The van der Waals surface area contributed by atoms with E-state index in [9.17, 15) is 14.4 Å². The predicted octanol–water partition coefficient (Wildman–Crippen LogP) is 3.80. The molecule has 0 aromatic rings. The van der Waals surface area contributed by atoms with Gasteiger partial charge in [-0.05, 0) is 52.4 Å². The molecule has 0 radical (unpaired) electrons. The Morgan fingerprint density at radius 3 is 2.45 bits per heavy atom. The van der Waals surface area contributed by atoms with Crippen LogP contribution < -0.4 is 0 Å². The van der Waals surface area contributed by atoms with Gasteiger partial charge in [0.2, 0.25) is 0 Å². The minimum atomic E-state index is -0.967. The van der Waals surface area contributed by atoms with Gasteiger partial charge in [-0.2, -0.15) is 0 Å². The van der Waals surface area contributed by atoms with E-state index in [0.717, 1.165) is 24.8 Å². The number of hydrogen-bond donors (Lipinski definition) is 0. The zero-order valence-corrected chi connectivity index (χ0v) is 19.4. The molecule has 172 valence electrons. The lowest BCUT2D eigenvalue weighted by atomic mass is 9.83. The maximum atomic E-state index is 12.5. The van der Waals surface area contributed by atoms with E-state index in [4.69, 9.17) is 18.9 Å². The van der Waals surface area contributed by atoms with E-state index in [2.05, 4.69) is 13.0 Å². The molecule has 0 unspecified atom stereocenters. The number of ether oxygens (including phenoxy) is 4. The lowest BCUT2D eigenvalue weighted by Crippen LogP contribution is -2.52. The van der Waals surface area contributed by atoms with Gasteiger partial charge >= 0.3 is 17.9 Å². The molecule has 3 aliphatic rings. The van der Waals surface area contributed by atoms with Crippen molar-refractivity contribution in [2.24, 2.45) is 5.92 Å². The highest BCUT2D eigenvalue weighted by Gasteiger charge is 2.53. The van der Waals surface area contributed by atoms with Gasteiger partial charge in [-0.3, -0.25) is 9.59 Å². The van der Waals surface area contributed by atoms with Crippen molar-refractivity contribution in [1.29, 1.82) is 0 Å². The van der Waals surface area contributed by atoms with Gasteiger partial charge in [0.15, 0.2) is 12.2 Å². The molecule has 31 heavy (non-hydrogen) atoms. The van der Waals surface area contributed by atoms with Crippen molar-refractivity contribution in [3.05, 3.63) is 22.8 Å². The molecule has 3 rings (SSSR count). The fourth-order valence-corrected chi connectivity index (χ4v) is 5.00. The third-order valence-electron chi connectivity index (χ3n) is 6.71. The van der Waals surface area contributed by atoms with Gasteiger partial charge in [-0.25, -0.2) is 4.79 Å². The number of allylic oxidation sites excluding steroid dienone is 1. The summed E-state index contributed by atoms with van der Waals surface area (Å²) in [5.74, 6) is -1.13. The Morgan fingerprint density at radius 1 is 1.13 bits per heavy atom. The number of hydrogen-bond acceptors (Lipinski definition) is 7. The van der Waals surface area contributed by atoms with E-state index in [1.807, 2.05) is 13.8 Å². The molecule has 0 aromatic carbocycles. The third-order valence-corrected chi connectivity index (χ3v) is 6.71. The van der Waals surface area contributed by atoms with Crippen LogP contribution in [-0.2, 0) is 33.3 Å². The van der Waals surface area contributed by atoms with Crippen LogP contribution in [-0.4, -0.2) is 47.9 Å². The van der Waals surface area contributed by atoms with Crippen molar-refractivity contribution in [1.82, 2.24) is 0 Å². The summed E-state index contributed by atoms with van der Waals surface area (Å²) < 4.78 is 23.7. The topological polar surface area (TPSA) is 88.1 Å². The van der Waals surface area contributed by atoms with E-state index >= 15 is 0 Å². The van der Waals surface area contributed by atoms with Crippen molar-refractivity contribution >= 4 is 17.9 Å². The molecule has 0 aromatic heterocycles. The van der Waals surface area contributed by atoms with Gasteiger partial charge in [-0.15, -0.1) is 0 Å². The monoisotopic (exact) mass is 434 g/mol. The first-order valence-electron chi connectivity index (χ1n) is 11.1. The predicted molar refractivity (Wildman–Crippen MR) is 113 cm³/mol. The molecule has 0 saturated carbocycles. The van der Waals surface area contributed by atoms with E-state index in [-0.39, 0.29) is 6.10 Å². The largest absolute Gasteiger partial charge is 0.455 e. The minimum absolute atomic E-state index is 0.0165. The SMILES string of the molecule is CC(=O)O[C@@H]1[C@@H](OC(C)=O)C2=C(C)C(=O)O[C@@H]2C/C(C)=C/CC[C@H](C)[C@H]2CC[C@]1(C)O2. The van der Waals surface area contributed by atoms with Crippen LogP contribution in [0.25, 0.3) is 0 Å². The van der Waals surface area contributed by atoms with Crippen LogP contribution in [0.1, 0.15) is 73.6 Å². The zero-order valence-electron chi connectivity index (χ0n) is 19.4. The van der Waals surface area contributed by atoms with Crippen molar-refractivity contribution in [2.75, 3.05) is 0 Å². The Morgan fingerprint density at radius 2 is 1.81 bits per heavy atom. The van der Waals surface area contributed by atoms with Gasteiger partial charge in [0.25, 0.3) is 0 Å². The Kier molecular flexibility index (Phi) is 6.94. The van der Waals surface area contributed by atoms with Gasteiger partial charge in [-0.1, -0.05) is 18.6 Å². The molecule has 0 amide bonds. The molecule has 0 spiro atoms. The Hall–Kier alpha value is -2.15. The van der Waals surface area contributed by atoms with Gasteiger partial charge in [0.05, 0.1) is 6.10 Å². The number of carbonyl (C=O) groups excluding carboxylic acids is 3. The molecule has 0 N–H and O–H groups in total. The van der Waals surface area contributed by atoms with E-state index in [0.29, 0.717) is 29.9 Å². The van der Waals surface area contributed by atoms with Crippen molar-refractivity contribution < 1.29 is 33.3 Å². The van der Waals surface area contributed by atoms with E-state index in [1.165, 1.54) is 13.8 Å². The average Bonchev–Trinajstić information content (AvgIpc) is 3.18. The van der Waals surface area contributed by atoms with E-state index < -0.39 is 41.8 Å². The maximum Gasteiger partial charge on any atom is 0.334 e. The summed E-state index contributed by atoms with van der Waals surface area (Å²) in [6.07, 6.45) is 3.60. The molecular weight excluding hydrogens is 400 g/mol. The Labute approximate surface area is 184 Å². The molecule has 7 heteroatoms. The highest BCUT2D eigenvalue weighted by Crippen LogP contribution is 2.43. The van der Waals surface area contributed by atoms with Crippen LogP contribution in [0.4, 0.5) is 0 Å². The number of esters is 3. The molecule has 3 heterocycles. The standard InChI is InChI=1S/C24H34O7/c1-13-8-7-9-14(2)18-10-11-24(6,31-18)22(29-17(5)26)21(28-16(4)25)20-15(3)23(27)30-19(20)12-13/h8,14,18-19,21-22H,7,9-12H2,1-6H3/b13-8+/t14-,18+,19+,21-,22+,24-/m0/s1. The molecule has 6 atom stereocenters. The Bertz CT molecular complexity index is 811. The average molecular weight is 435 g/mol. The summed E-state index contributed by atoms with van der Waals surface area (Å²) in [5, 5.41) is 0. The van der Waals surface area contributed by atoms with Crippen LogP contribution in [0, 0.1) is 5.92 Å². The quantitative estimate of drug-likeness (QED) is 0.371. The highest BCUT2D eigenvalue weighted by atomic mass is 16.6. The van der Waals surface area contributed by atoms with Crippen LogP contribution in [0.15, 0.2) is 22.8 Å². The summed E-state index contributed by atoms with van der Waals surface area (Å²) in [6, 6.07) is 0. The fourth-order valence-electron chi connectivity index (χ4n) is 5.00. The molecule has 1 saturated heterocycles. The number of carbonyl (C=O) groups is 3. The molecule has 7 nitrogen and oxygen atoms in total. The lowest BCUT2D eigenvalue weighted by molar-refractivity contribution is -0.192. The smallest absolute Gasteiger partial charge is 0.334 e. The first kappa shape index (κ1) is 23.5. The summed E-state index contributed by atoms with van der Waals surface area (Å²) in [5.41, 5.74) is 1.19. The molecule has 0 aliphatic carbocycles. The lowest BCUT2D eigenvalue weighted by Gasteiger charge is -2.39. The molecule has 3 aliphatic heterocycles. The second-order valence-corrected chi connectivity index (χ2v) is 9.35. The van der Waals surface area contributed by atoms with Crippen molar-refractivity contribution in [2.45, 2.75) is 104 Å². The normalized spacial score (nSPS) is 38.1. The van der Waals surface area contributed by atoms with Crippen LogP contribution >= 0.6 is 0 Å². The number of rotatable bonds is 2. The molecule has 2 bridgehead atoms. The third kappa shape index (κ3) is 5.03. The second kappa shape index (κ2) is 9.15. The summed E-state index contributed by atoms with van der Waals surface area (Å²) in [4.78, 5) is 36.7. The summed E-state index contributed by atoms with van der Waals surface area (Å²) in [6.45, 7) is 10.4. The minimum Gasteiger partial charge on any atom is -0.455 e. The van der Waals surface area contributed by atoms with Crippen LogP contribution in [0.3, 0.4) is 0 Å². The van der Waals surface area contributed by atoms with E-state index in [1.54, 1.807) is 6.92 Å². The van der Waals surface area contributed by atoms with Gasteiger partial charge < -0.3 is 18.9 Å². The van der Waals surface area contributed by atoms with Crippen molar-refractivity contribution in [3.63, 3.8) is 0 Å². The maximum absolute atomic E-state index is 12.5. The first-order chi connectivity index (χ1) is 14.5.